The van der Waals surface area contributed by atoms with E-state index in [1.165, 1.54) is 6.42 Å². The summed E-state index contributed by atoms with van der Waals surface area (Å²) in [4.78, 5) is 10.2. The number of halogens is 2. The van der Waals surface area contributed by atoms with Gasteiger partial charge in [-0.3, -0.25) is 0 Å². The first-order valence-electron chi connectivity index (χ1n) is 3.92. The summed E-state index contributed by atoms with van der Waals surface area (Å²) in [6.07, 6.45) is 12.2. The van der Waals surface area contributed by atoms with Gasteiger partial charge in [0.2, 0.25) is 0 Å². The van der Waals surface area contributed by atoms with Crippen LogP contribution >= 0.6 is 0 Å². The summed E-state index contributed by atoms with van der Waals surface area (Å²) in [6, 6.07) is 0. The standard InChI is InChI=1S/C9H11O.Co.2FH/c10-8-9-6-4-2-1-3-5-7-9;;;/h2,4,6H,1,3,5,7H2;;2*1H/q-1;+3;;/p-2/b4-2-,9-6+;;;. The van der Waals surface area contributed by atoms with E-state index in [0.717, 1.165) is 24.8 Å². The van der Waals surface area contributed by atoms with Crippen molar-refractivity contribution in [3.05, 3.63) is 23.8 Å². The van der Waals surface area contributed by atoms with Crippen LogP contribution in [0.3, 0.4) is 0 Å². The molecule has 1 aliphatic rings. The van der Waals surface area contributed by atoms with Gasteiger partial charge < -0.3 is 4.79 Å². The minimum atomic E-state index is -1.56. The van der Waals surface area contributed by atoms with Crippen molar-refractivity contribution in [3.8, 4) is 0 Å². The van der Waals surface area contributed by atoms with Crippen molar-refractivity contribution < 1.29 is 27.5 Å². The summed E-state index contributed by atoms with van der Waals surface area (Å²) in [5, 5.41) is 0. The third-order valence-electron chi connectivity index (χ3n) is 1.63. The Kier molecular flexibility index (Phi) is 9.25. The molecule has 0 radical (unpaired) electrons. The van der Waals surface area contributed by atoms with Gasteiger partial charge in [-0.1, -0.05) is 12.8 Å². The van der Waals surface area contributed by atoms with Crippen LogP contribution in [-0.4, -0.2) is 6.29 Å². The van der Waals surface area contributed by atoms with E-state index in [9.17, 15) is 12.0 Å². The third kappa shape index (κ3) is 7.86. The number of carbonyl (C=O) groups excluding carboxylic acids is 1. The van der Waals surface area contributed by atoms with E-state index in [1.54, 1.807) is 0 Å². The van der Waals surface area contributed by atoms with Crippen molar-refractivity contribution in [1.82, 2.24) is 0 Å². The van der Waals surface area contributed by atoms with E-state index in [4.69, 9.17) is 0 Å². The Morgan fingerprint density at radius 2 is 2.08 bits per heavy atom. The van der Waals surface area contributed by atoms with E-state index in [0.29, 0.717) is 0 Å². The first-order valence-corrected chi connectivity index (χ1v) is 4.71. The van der Waals surface area contributed by atoms with Crippen LogP contribution in [0.5, 0.6) is 0 Å². The van der Waals surface area contributed by atoms with Crippen molar-refractivity contribution in [2.75, 3.05) is 0 Å². The van der Waals surface area contributed by atoms with Gasteiger partial charge in [0.05, 0.1) is 0 Å². The molecule has 0 heterocycles. The molecule has 1 nitrogen and oxygen atoms in total. The quantitative estimate of drug-likeness (QED) is 0.635. The van der Waals surface area contributed by atoms with Gasteiger partial charge in [-0.15, -0.1) is 12.2 Å². The number of hydrogen-bond donors (Lipinski definition) is 0. The van der Waals surface area contributed by atoms with Crippen LogP contribution < -0.4 is 0 Å². The molecular formula is C9H11CoF2O. The van der Waals surface area contributed by atoms with Crippen molar-refractivity contribution in [2.24, 2.45) is 0 Å². The summed E-state index contributed by atoms with van der Waals surface area (Å²) in [6.45, 7) is 0. The maximum absolute atomic E-state index is 10.2. The van der Waals surface area contributed by atoms with Crippen LogP contribution in [0.4, 0.5) is 7.16 Å². The molecule has 0 saturated heterocycles. The molecule has 4 heteroatoms. The van der Waals surface area contributed by atoms with Crippen LogP contribution in [0.25, 0.3) is 0 Å². The van der Waals surface area contributed by atoms with Crippen LogP contribution in [0.1, 0.15) is 25.7 Å². The molecule has 0 bridgehead atoms. The summed E-state index contributed by atoms with van der Waals surface area (Å²) >= 11 is -1.56. The van der Waals surface area contributed by atoms with Gasteiger partial charge in [0.15, 0.2) is 0 Å². The Labute approximate surface area is 83.8 Å². The fraction of sp³-hybridized carbons (Fsp3) is 0.444. The number of allylic oxidation sites excluding steroid dienone is 4. The molecule has 0 amide bonds. The Morgan fingerprint density at radius 1 is 1.38 bits per heavy atom. The molecule has 0 unspecified atom stereocenters. The van der Waals surface area contributed by atoms with Crippen molar-refractivity contribution in [3.63, 3.8) is 0 Å². The van der Waals surface area contributed by atoms with Gasteiger partial charge in [0, 0.05) is 0 Å². The van der Waals surface area contributed by atoms with E-state index < -0.39 is 15.6 Å². The van der Waals surface area contributed by atoms with E-state index in [-0.39, 0.29) is 0 Å². The zero-order valence-electron chi connectivity index (χ0n) is 7.06. The van der Waals surface area contributed by atoms with Gasteiger partial charge in [-0.2, -0.15) is 5.57 Å². The Morgan fingerprint density at radius 3 is 2.69 bits per heavy atom. The molecule has 0 N–H and O–H groups in total. The monoisotopic (exact) mass is 232 g/mol. The number of rotatable bonds is 1. The Bertz CT molecular complexity index is 190. The molecular weight excluding hydrogens is 221 g/mol. The van der Waals surface area contributed by atoms with Crippen LogP contribution in [0.2, 0.25) is 0 Å². The van der Waals surface area contributed by atoms with E-state index >= 15 is 0 Å². The molecule has 0 aromatic rings. The third-order valence-corrected chi connectivity index (χ3v) is 1.63. The average molecular weight is 232 g/mol. The molecule has 0 saturated carbocycles. The minimum absolute atomic E-state index is 0.802. The first-order chi connectivity index (χ1) is 6.35. The van der Waals surface area contributed by atoms with E-state index in [1.807, 2.05) is 18.4 Å². The summed E-state index contributed by atoms with van der Waals surface area (Å²) in [5.74, 6) is 0. The van der Waals surface area contributed by atoms with Gasteiger partial charge >= 0.3 is 22.8 Å². The second-order valence-electron chi connectivity index (χ2n) is 2.52. The fourth-order valence-electron chi connectivity index (χ4n) is 1.03. The zero-order chi connectivity index (χ0) is 9.94. The SMILES string of the molecule is O=[C-]/C1=C/C=C\CCCC1.[F][Co+][F]. The summed E-state index contributed by atoms with van der Waals surface area (Å²) in [5.41, 5.74) is 0.802. The van der Waals surface area contributed by atoms with Crippen LogP contribution in [0, 0.1) is 0 Å². The van der Waals surface area contributed by atoms with Crippen molar-refractivity contribution >= 4 is 6.29 Å². The second-order valence-corrected chi connectivity index (χ2v) is 2.66. The molecule has 0 fully saturated rings. The van der Waals surface area contributed by atoms with Crippen molar-refractivity contribution in [2.45, 2.75) is 25.7 Å². The summed E-state index contributed by atoms with van der Waals surface area (Å²) in [7, 11) is 0. The predicted molar refractivity (Wildman–Crippen MR) is 43.6 cm³/mol. The molecule has 1 aliphatic carbocycles. The van der Waals surface area contributed by atoms with Gasteiger partial charge in [-0.05, 0) is 19.1 Å². The van der Waals surface area contributed by atoms with Crippen molar-refractivity contribution in [1.29, 1.82) is 0 Å². The topological polar surface area (TPSA) is 17.1 Å². The number of hydrogen-bond acceptors (Lipinski definition) is 1. The fourth-order valence-corrected chi connectivity index (χ4v) is 1.03. The predicted octanol–water partition coefficient (Wildman–Crippen LogP) is 2.99. The Hall–Kier alpha value is -0.484. The maximum atomic E-state index is 10.2. The molecule has 0 spiro atoms. The molecule has 0 aromatic heterocycles. The van der Waals surface area contributed by atoms with Gasteiger partial charge in [0.1, 0.15) is 0 Å². The van der Waals surface area contributed by atoms with Gasteiger partial charge in [0.25, 0.3) is 0 Å². The normalized spacial score (nSPS) is 22.8. The zero-order valence-corrected chi connectivity index (χ0v) is 8.10. The Balaban J connectivity index is 0.000000424. The average Bonchev–Trinajstić information content (AvgIpc) is 2.05. The second kappa shape index (κ2) is 9.60. The van der Waals surface area contributed by atoms with Gasteiger partial charge in [-0.25, -0.2) is 6.08 Å². The molecule has 0 aliphatic heterocycles. The van der Waals surface area contributed by atoms with Crippen LogP contribution in [0.15, 0.2) is 23.8 Å². The molecule has 0 aromatic carbocycles. The summed E-state index contributed by atoms with van der Waals surface area (Å²) < 4.78 is 19.2. The van der Waals surface area contributed by atoms with Crippen LogP contribution in [-0.2, 0) is 20.4 Å². The first kappa shape index (κ1) is 12.5. The molecule has 0 atom stereocenters. The molecule has 76 valence electrons. The molecule has 1 rings (SSSR count). The van der Waals surface area contributed by atoms with E-state index in [2.05, 4.69) is 6.08 Å². The molecule has 13 heavy (non-hydrogen) atoms.